The second-order valence-electron chi connectivity index (χ2n) is 6.77. The SMILES string of the molecule is CC(C)[C@@H](NC(=O)N1CCc2ccccc2[C@H]1CO)c1ccccn1. The third-order valence-corrected chi connectivity index (χ3v) is 4.80. The number of carbonyl (C=O) groups is 1. The number of urea groups is 1. The summed E-state index contributed by atoms with van der Waals surface area (Å²) < 4.78 is 0. The number of nitrogens with zero attached hydrogens (tertiary/aromatic N) is 2. The van der Waals surface area contributed by atoms with Crippen molar-refractivity contribution in [2.24, 2.45) is 5.92 Å². The Kier molecular flexibility index (Phi) is 5.34. The monoisotopic (exact) mass is 339 g/mol. The van der Waals surface area contributed by atoms with Crippen LogP contribution in [0.3, 0.4) is 0 Å². The average Bonchev–Trinajstić information content (AvgIpc) is 2.65. The number of hydrogen-bond acceptors (Lipinski definition) is 3. The normalized spacial score (nSPS) is 17.9. The minimum Gasteiger partial charge on any atom is -0.394 e. The number of aliphatic hydroxyl groups excluding tert-OH is 1. The Labute approximate surface area is 148 Å². The van der Waals surface area contributed by atoms with E-state index in [1.165, 1.54) is 5.56 Å². The second-order valence-corrected chi connectivity index (χ2v) is 6.77. The zero-order valence-corrected chi connectivity index (χ0v) is 14.7. The topological polar surface area (TPSA) is 65.5 Å². The number of aromatic nitrogens is 1. The van der Waals surface area contributed by atoms with E-state index in [9.17, 15) is 9.90 Å². The number of hydrogen-bond donors (Lipinski definition) is 2. The smallest absolute Gasteiger partial charge is 0.318 e. The molecule has 1 aliphatic rings. The molecule has 132 valence electrons. The van der Waals surface area contributed by atoms with E-state index in [0.29, 0.717) is 6.54 Å². The standard InChI is InChI=1S/C20H25N3O2/c1-14(2)19(17-9-5-6-11-21-17)22-20(25)23-12-10-15-7-3-4-8-16(15)18(23)13-24/h3-9,11,14,18-19,24H,10,12-13H2,1-2H3,(H,22,25)/t18-,19-/m1/s1. The highest BCUT2D eigenvalue weighted by Crippen LogP contribution is 2.30. The summed E-state index contributed by atoms with van der Waals surface area (Å²) in [4.78, 5) is 19.1. The molecule has 5 nitrogen and oxygen atoms in total. The van der Waals surface area contributed by atoms with E-state index in [-0.39, 0.29) is 30.6 Å². The van der Waals surface area contributed by atoms with Gasteiger partial charge in [0.1, 0.15) is 0 Å². The van der Waals surface area contributed by atoms with E-state index in [4.69, 9.17) is 0 Å². The molecule has 2 N–H and O–H groups in total. The molecule has 0 radical (unpaired) electrons. The van der Waals surface area contributed by atoms with Gasteiger partial charge in [-0.25, -0.2) is 4.79 Å². The lowest BCUT2D eigenvalue weighted by atomic mass is 9.93. The third kappa shape index (κ3) is 3.66. The molecule has 5 heteroatoms. The van der Waals surface area contributed by atoms with E-state index in [2.05, 4.69) is 30.2 Å². The van der Waals surface area contributed by atoms with Crippen LogP contribution in [-0.4, -0.2) is 34.2 Å². The number of pyridine rings is 1. The Morgan fingerprint density at radius 3 is 2.72 bits per heavy atom. The number of nitrogens with one attached hydrogen (secondary N) is 1. The summed E-state index contributed by atoms with van der Waals surface area (Å²) >= 11 is 0. The van der Waals surface area contributed by atoms with Crippen molar-refractivity contribution in [1.29, 1.82) is 0 Å². The highest BCUT2D eigenvalue weighted by molar-refractivity contribution is 5.76. The predicted molar refractivity (Wildman–Crippen MR) is 97.0 cm³/mol. The third-order valence-electron chi connectivity index (χ3n) is 4.80. The highest BCUT2D eigenvalue weighted by Gasteiger charge is 2.32. The van der Waals surface area contributed by atoms with Gasteiger partial charge in [0.2, 0.25) is 0 Å². The fourth-order valence-electron chi connectivity index (χ4n) is 3.45. The fourth-order valence-corrected chi connectivity index (χ4v) is 3.45. The van der Waals surface area contributed by atoms with Gasteiger partial charge >= 0.3 is 6.03 Å². The molecule has 2 heterocycles. The van der Waals surface area contributed by atoms with Gasteiger partial charge in [0, 0.05) is 12.7 Å². The van der Waals surface area contributed by atoms with Crippen molar-refractivity contribution in [3.8, 4) is 0 Å². The molecular formula is C20H25N3O2. The zero-order valence-electron chi connectivity index (χ0n) is 14.7. The first-order valence-electron chi connectivity index (χ1n) is 8.78. The van der Waals surface area contributed by atoms with Crippen molar-refractivity contribution in [2.75, 3.05) is 13.2 Å². The van der Waals surface area contributed by atoms with E-state index >= 15 is 0 Å². The minimum absolute atomic E-state index is 0.0830. The molecule has 1 aliphatic heterocycles. The van der Waals surface area contributed by atoms with E-state index in [0.717, 1.165) is 17.7 Å². The van der Waals surface area contributed by atoms with Crippen molar-refractivity contribution in [1.82, 2.24) is 15.2 Å². The van der Waals surface area contributed by atoms with Gasteiger partial charge in [-0.05, 0) is 35.6 Å². The quantitative estimate of drug-likeness (QED) is 0.900. The molecular weight excluding hydrogens is 314 g/mol. The molecule has 2 amide bonds. The van der Waals surface area contributed by atoms with E-state index < -0.39 is 0 Å². The second kappa shape index (κ2) is 7.66. The first-order valence-corrected chi connectivity index (χ1v) is 8.78. The van der Waals surface area contributed by atoms with E-state index in [1.807, 2.05) is 36.4 Å². The maximum atomic E-state index is 12.9. The number of aliphatic hydroxyl groups is 1. The lowest BCUT2D eigenvalue weighted by Gasteiger charge is -2.37. The molecule has 0 fully saturated rings. The summed E-state index contributed by atoms with van der Waals surface area (Å²) in [6.07, 6.45) is 2.54. The maximum Gasteiger partial charge on any atom is 0.318 e. The van der Waals surface area contributed by atoms with Crippen LogP contribution in [0.15, 0.2) is 48.7 Å². The molecule has 25 heavy (non-hydrogen) atoms. The van der Waals surface area contributed by atoms with Crippen LogP contribution in [0.2, 0.25) is 0 Å². The Bertz CT molecular complexity index is 718. The Balaban J connectivity index is 1.80. The van der Waals surface area contributed by atoms with Crippen LogP contribution < -0.4 is 5.32 Å². The molecule has 0 unspecified atom stereocenters. The van der Waals surface area contributed by atoms with Crippen molar-refractivity contribution < 1.29 is 9.90 Å². The van der Waals surface area contributed by atoms with Gasteiger partial charge in [0.15, 0.2) is 0 Å². The molecule has 3 rings (SSSR count). The van der Waals surface area contributed by atoms with Crippen molar-refractivity contribution in [3.63, 3.8) is 0 Å². The van der Waals surface area contributed by atoms with Crippen LogP contribution in [0.4, 0.5) is 4.79 Å². The summed E-state index contributed by atoms with van der Waals surface area (Å²) in [6, 6.07) is 13.1. The number of fused-ring (bicyclic) bond motifs is 1. The van der Waals surface area contributed by atoms with Crippen molar-refractivity contribution in [2.45, 2.75) is 32.4 Å². The Morgan fingerprint density at radius 2 is 2.04 bits per heavy atom. The Morgan fingerprint density at radius 1 is 1.28 bits per heavy atom. The van der Waals surface area contributed by atoms with Crippen molar-refractivity contribution in [3.05, 3.63) is 65.5 Å². The minimum atomic E-state index is -0.304. The van der Waals surface area contributed by atoms with Gasteiger partial charge in [-0.1, -0.05) is 44.2 Å². The average molecular weight is 339 g/mol. The lowest BCUT2D eigenvalue weighted by molar-refractivity contribution is 0.123. The number of amides is 2. The zero-order chi connectivity index (χ0) is 17.8. The fraction of sp³-hybridized carbons (Fsp3) is 0.400. The van der Waals surface area contributed by atoms with Gasteiger partial charge in [-0.15, -0.1) is 0 Å². The molecule has 0 bridgehead atoms. The van der Waals surface area contributed by atoms with Crippen molar-refractivity contribution >= 4 is 6.03 Å². The van der Waals surface area contributed by atoms with Crippen LogP contribution in [-0.2, 0) is 6.42 Å². The number of carbonyl (C=O) groups excluding carboxylic acids is 1. The number of benzene rings is 1. The number of rotatable bonds is 4. The summed E-state index contributed by atoms with van der Waals surface area (Å²) in [5.74, 6) is 0.212. The van der Waals surface area contributed by atoms with Crippen LogP contribution in [0, 0.1) is 5.92 Å². The van der Waals surface area contributed by atoms with E-state index in [1.54, 1.807) is 11.1 Å². The largest absolute Gasteiger partial charge is 0.394 e. The van der Waals surface area contributed by atoms with Gasteiger partial charge < -0.3 is 15.3 Å². The highest BCUT2D eigenvalue weighted by atomic mass is 16.3. The molecule has 0 aliphatic carbocycles. The van der Waals surface area contributed by atoms with Crippen LogP contribution >= 0.6 is 0 Å². The van der Waals surface area contributed by atoms with Gasteiger partial charge in [-0.3, -0.25) is 4.98 Å². The van der Waals surface area contributed by atoms with Gasteiger partial charge in [-0.2, -0.15) is 0 Å². The van der Waals surface area contributed by atoms with Crippen LogP contribution in [0.25, 0.3) is 0 Å². The Hall–Kier alpha value is -2.40. The van der Waals surface area contributed by atoms with Gasteiger partial charge in [0.05, 0.1) is 24.4 Å². The molecule has 2 atom stereocenters. The predicted octanol–water partition coefficient (Wildman–Crippen LogP) is 3.08. The molecule has 1 aromatic carbocycles. The molecule has 0 spiro atoms. The summed E-state index contributed by atoms with van der Waals surface area (Å²) in [5.41, 5.74) is 3.09. The van der Waals surface area contributed by atoms with Gasteiger partial charge in [0.25, 0.3) is 0 Å². The van der Waals surface area contributed by atoms with Crippen LogP contribution in [0.5, 0.6) is 0 Å². The maximum absolute atomic E-state index is 12.9. The molecule has 2 aromatic rings. The lowest BCUT2D eigenvalue weighted by Crippen LogP contribution is -2.48. The summed E-state index contributed by atoms with van der Waals surface area (Å²) in [5, 5.41) is 13.0. The first-order chi connectivity index (χ1) is 12.1. The summed E-state index contributed by atoms with van der Waals surface area (Å²) in [6.45, 7) is 4.64. The first kappa shape index (κ1) is 17.4. The van der Waals surface area contributed by atoms with Crippen LogP contribution in [0.1, 0.15) is 42.8 Å². The molecule has 0 saturated heterocycles. The molecule has 1 aromatic heterocycles. The summed E-state index contributed by atoms with van der Waals surface area (Å²) in [7, 11) is 0. The molecule has 0 saturated carbocycles.